The molecule has 152 valence electrons. The first-order valence-electron chi connectivity index (χ1n) is 8.68. The molecule has 4 aromatic heterocycles. The number of alkyl halides is 1. The topological polar surface area (TPSA) is 144 Å². The summed E-state index contributed by atoms with van der Waals surface area (Å²) in [7, 11) is 0. The number of pyridine rings is 2. The maximum Gasteiger partial charge on any atom is 0.244 e. The van der Waals surface area contributed by atoms with Gasteiger partial charge in [-0.25, -0.2) is 0 Å². The highest BCUT2D eigenvalue weighted by Crippen LogP contribution is 2.15. The molecule has 4 rings (SSSR count). The Labute approximate surface area is 178 Å². The van der Waals surface area contributed by atoms with Crippen molar-refractivity contribution in [2.45, 2.75) is 25.7 Å². The quantitative estimate of drug-likeness (QED) is 0.192. The Bertz CT molecular complexity index is 1290. The van der Waals surface area contributed by atoms with Gasteiger partial charge in [-0.2, -0.15) is 19.6 Å². The lowest BCUT2D eigenvalue weighted by Crippen LogP contribution is -2.06. The Balaban J connectivity index is 0.000000172. The van der Waals surface area contributed by atoms with Gasteiger partial charge in [-0.3, -0.25) is 19.6 Å². The smallest absolute Gasteiger partial charge is 0.244 e. The molecule has 0 aliphatic carbocycles. The van der Waals surface area contributed by atoms with Gasteiger partial charge in [0.1, 0.15) is 0 Å². The molecule has 0 N–H and O–H groups in total. The Kier molecular flexibility index (Phi) is 6.50. The Hall–Kier alpha value is -3.63. The van der Waals surface area contributed by atoms with Crippen molar-refractivity contribution in [2.24, 2.45) is 5.11 Å². The third kappa shape index (κ3) is 4.50. The summed E-state index contributed by atoms with van der Waals surface area (Å²) < 4.78 is 2.63. The van der Waals surface area contributed by atoms with Crippen molar-refractivity contribution in [3.63, 3.8) is 0 Å². The zero-order valence-corrected chi connectivity index (χ0v) is 17.7. The van der Waals surface area contributed by atoms with Gasteiger partial charge in [0.15, 0.2) is 0 Å². The molecule has 0 bridgehead atoms. The molecule has 0 fully saturated rings. The zero-order valence-electron chi connectivity index (χ0n) is 16.1. The highest BCUT2D eigenvalue weighted by atomic mass is 79.9. The number of azide groups is 1. The van der Waals surface area contributed by atoms with Crippen LogP contribution in [0.3, 0.4) is 0 Å². The predicted octanol–water partition coefficient (Wildman–Crippen LogP) is 3.89. The van der Waals surface area contributed by atoms with E-state index >= 15 is 0 Å². The molecule has 0 aliphatic rings. The van der Waals surface area contributed by atoms with Crippen molar-refractivity contribution in [1.82, 2.24) is 29.5 Å². The molecule has 4 aromatic rings. The summed E-state index contributed by atoms with van der Waals surface area (Å²) in [6.45, 7) is 3.10. The third-order valence-corrected chi connectivity index (χ3v) is 4.63. The summed E-state index contributed by atoms with van der Waals surface area (Å²) in [6, 6.07) is 3.66. The van der Waals surface area contributed by atoms with Crippen LogP contribution in [-0.4, -0.2) is 41.3 Å². The van der Waals surface area contributed by atoms with Gasteiger partial charge in [-0.05, 0) is 17.7 Å². The number of hydrogen-bond donors (Lipinski definition) is 0. The third-order valence-electron chi connectivity index (χ3n) is 4.05. The van der Waals surface area contributed by atoms with Crippen LogP contribution in [0.15, 0.2) is 42.0 Å². The van der Waals surface area contributed by atoms with Crippen LogP contribution in [0.5, 0.6) is 0 Å². The largest absolute Gasteiger partial charge is 0.273 e. The second-order valence-corrected chi connectivity index (χ2v) is 6.70. The lowest BCUT2D eigenvalue weighted by atomic mass is 10.2. The minimum absolute atomic E-state index is 0.103. The van der Waals surface area contributed by atoms with Crippen molar-refractivity contribution in [2.75, 3.05) is 0 Å². The number of nitrogens with zero attached hydrogens (tertiary/aromatic N) is 9. The van der Waals surface area contributed by atoms with E-state index in [-0.39, 0.29) is 18.4 Å². The summed E-state index contributed by atoms with van der Waals surface area (Å²) in [6.07, 6.45) is 6.47. The lowest BCUT2D eigenvalue weighted by Gasteiger charge is -1.98. The molecule has 0 aliphatic heterocycles. The molecule has 0 radical (unpaired) electrons. The molecule has 11 nitrogen and oxygen atoms in total. The van der Waals surface area contributed by atoms with Crippen LogP contribution in [0.4, 0.5) is 0 Å². The van der Waals surface area contributed by atoms with Crippen molar-refractivity contribution < 1.29 is 9.59 Å². The zero-order chi connectivity index (χ0) is 21.7. The monoisotopic (exact) mass is 469 g/mol. The normalized spacial score (nSPS) is 10.4. The molecule has 0 atom stereocenters. The van der Waals surface area contributed by atoms with E-state index in [0.29, 0.717) is 16.5 Å². The Morgan fingerprint density at radius 3 is 1.93 bits per heavy atom. The van der Waals surface area contributed by atoms with E-state index in [1.165, 1.54) is 23.2 Å². The standard InChI is InChI=1S/C9H8BrN3O.C9H8N6O/c1-6(14)13-9-5-11-8(3-10)2-7(9)4-12-13;1-6(16)15-9-5-11-8(4-12-14-10)2-7(9)3-13-15/h2,4-5H,3H2,1H3;2-3,5H,4H2,1H3. The number of aromatic nitrogens is 6. The van der Waals surface area contributed by atoms with Crippen molar-refractivity contribution in [3.05, 3.63) is 58.8 Å². The van der Waals surface area contributed by atoms with Gasteiger partial charge in [-0.1, -0.05) is 21.0 Å². The minimum atomic E-state index is -0.167. The number of fused-ring (bicyclic) bond motifs is 2. The highest BCUT2D eigenvalue weighted by molar-refractivity contribution is 9.08. The molecule has 12 heteroatoms. The number of rotatable bonds is 3. The van der Waals surface area contributed by atoms with E-state index in [1.54, 1.807) is 30.9 Å². The molecule has 0 spiro atoms. The van der Waals surface area contributed by atoms with Gasteiger partial charge >= 0.3 is 0 Å². The fraction of sp³-hybridized carbons (Fsp3) is 0.222. The van der Waals surface area contributed by atoms with Crippen LogP contribution in [0.2, 0.25) is 0 Å². The van der Waals surface area contributed by atoms with E-state index in [1.807, 2.05) is 6.07 Å². The second-order valence-electron chi connectivity index (χ2n) is 6.14. The molecular weight excluding hydrogens is 454 g/mol. The fourth-order valence-electron chi connectivity index (χ4n) is 2.71. The second kappa shape index (κ2) is 9.25. The van der Waals surface area contributed by atoms with E-state index < -0.39 is 0 Å². The molecule has 30 heavy (non-hydrogen) atoms. The Morgan fingerprint density at radius 2 is 1.47 bits per heavy atom. The minimum Gasteiger partial charge on any atom is -0.273 e. The Morgan fingerprint density at radius 1 is 0.967 bits per heavy atom. The number of carbonyl (C=O) groups excluding carboxylic acids is 2. The highest BCUT2D eigenvalue weighted by Gasteiger charge is 2.08. The van der Waals surface area contributed by atoms with Crippen LogP contribution in [0, 0.1) is 0 Å². The maximum atomic E-state index is 11.2. The van der Waals surface area contributed by atoms with Gasteiger partial charge in [0.25, 0.3) is 0 Å². The van der Waals surface area contributed by atoms with E-state index in [4.69, 9.17) is 5.53 Å². The van der Waals surface area contributed by atoms with Crippen molar-refractivity contribution in [1.29, 1.82) is 0 Å². The average Bonchev–Trinajstić information content (AvgIpc) is 3.36. The first kappa shape index (κ1) is 21.1. The van der Waals surface area contributed by atoms with Crippen molar-refractivity contribution >= 4 is 49.6 Å². The molecule has 0 saturated carbocycles. The molecule has 4 heterocycles. The van der Waals surface area contributed by atoms with Crippen LogP contribution >= 0.6 is 15.9 Å². The molecule has 0 unspecified atom stereocenters. The first-order valence-corrected chi connectivity index (χ1v) is 9.80. The van der Waals surface area contributed by atoms with Gasteiger partial charge in [0.2, 0.25) is 11.8 Å². The van der Waals surface area contributed by atoms with Crippen LogP contribution in [-0.2, 0) is 11.9 Å². The fourth-order valence-corrected chi connectivity index (χ4v) is 3.02. The van der Waals surface area contributed by atoms with E-state index in [2.05, 4.69) is 46.1 Å². The van der Waals surface area contributed by atoms with Crippen LogP contribution < -0.4 is 0 Å². The van der Waals surface area contributed by atoms with Crippen molar-refractivity contribution in [3.8, 4) is 0 Å². The summed E-state index contributed by atoms with van der Waals surface area (Å²) in [5, 5.41) is 13.8. The van der Waals surface area contributed by atoms with Gasteiger partial charge in [0.05, 0.1) is 48.1 Å². The SMILES string of the molecule is CC(=O)n1ncc2cc(CBr)ncc21.CC(=O)n1ncc2cc(CN=[N+]=[N-])ncc21. The molecular formula is C18H16BrN9O2. The molecule has 0 saturated heterocycles. The van der Waals surface area contributed by atoms with E-state index in [9.17, 15) is 9.59 Å². The molecule has 0 aromatic carbocycles. The number of hydrogen-bond acceptors (Lipinski definition) is 7. The van der Waals surface area contributed by atoms with E-state index in [0.717, 1.165) is 22.0 Å². The predicted molar refractivity (Wildman–Crippen MR) is 113 cm³/mol. The summed E-state index contributed by atoms with van der Waals surface area (Å²) in [5.74, 6) is -0.270. The van der Waals surface area contributed by atoms with Gasteiger partial charge in [-0.15, -0.1) is 0 Å². The summed E-state index contributed by atoms with van der Waals surface area (Å²) in [4.78, 5) is 33.2. The van der Waals surface area contributed by atoms with Crippen LogP contribution in [0.25, 0.3) is 32.2 Å². The number of carbonyl (C=O) groups is 2. The summed E-state index contributed by atoms with van der Waals surface area (Å²) >= 11 is 3.32. The van der Waals surface area contributed by atoms with Gasteiger partial charge < -0.3 is 0 Å². The number of halogens is 1. The maximum absolute atomic E-state index is 11.2. The van der Waals surface area contributed by atoms with Gasteiger partial charge in [0, 0.05) is 40.6 Å². The first-order chi connectivity index (χ1) is 14.4. The summed E-state index contributed by atoms with van der Waals surface area (Å²) in [5.41, 5.74) is 11.2. The lowest BCUT2D eigenvalue weighted by molar-refractivity contribution is 0.0918. The van der Waals surface area contributed by atoms with Crippen LogP contribution in [0.1, 0.15) is 34.8 Å². The average molecular weight is 470 g/mol. The molecule has 0 amide bonds.